The zero-order valence-corrected chi connectivity index (χ0v) is 16.1. The number of rotatable bonds is 4. The van der Waals surface area contributed by atoms with E-state index in [4.69, 9.17) is 10.7 Å². The minimum Gasteiger partial charge on any atom is -0.397 e. The summed E-state index contributed by atoms with van der Waals surface area (Å²) in [6.45, 7) is 2.07. The Morgan fingerprint density at radius 1 is 0.760 bits per heavy atom. The molecule has 3 aromatic rings. The highest BCUT2D eigenvalue weighted by molar-refractivity contribution is 14.1. The summed E-state index contributed by atoms with van der Waals surface area (Å²) >= 11 is 2.30. The van der Waals surface area contributed by atoms with Crippen LogP contribution >= 0.6 is 22.6 Å². The fourth-order valence-electron chi connectivity index (χ4n) is 2.46. The molecular weight excluding hydrogens is 419 g/mol. The smallest absolute Gasteiger partial charge is 0.0863 e. The van der Waals surface area contributed by atoms with Gasteiger partial charge in [-0.25, -0.2) is 4.99 Å². The third-order valence-corrected chi connectivity index (χ3v) is 4.94. The highest BCUT2D eigenvalue weighted by atomic mass is 127. The van der Waals surface area contributed by atoms with E-state index >= 15 is 0 Å². The van der Waals surface area contributed by atoms with Crippen LogP contribution in [0.15, 0.2) is 93.5 Å². The number of nitrogens with two attached hydrogens (primary N) is 1. The van der Waals surface area contributed by atoms with Crippen molar-refractivity contribution in [3.63, 3.8) is 0 Å². The SMILES string of the molecule is Cc1ccc(/C(N)=C(\I)C(=Nc2ccccc2)c2ccccc2)cc1. The van der Waals surface area contributed by atoms with Crippen molar-refractivity contribution in [3.05, 3.63) is 105 Å². The van der Waals surface area contributed by atoms with Crippen LogP contribution in [0.3, 0.4) is 0 Å². The Morgan fingerprint density at radius 3 is 1.92 bits per heavy atom. The molecule has 0 atom stereocenters. The number of halogens is 1. The van der Waals surface area contributed by atoms with Gasteiger partial charge in [0.1, 0.15) is 0 Å². The average molecular weight is 438 g/mol. The van der Waals surface area contributed by atoms with Gasteiger partial charge in [0.05, 0.1) is 20.7 Å². The van der Waals surface area contributed by atoms with Crippen LogP contribution in [-0.2, 0) is 0 Å². The largest absolute Gasteiger partial charge is 0.397 e. The third kappa shape index (κ3) is 4.37. The first kappa shape index (κ1) is 17.4. The van der Waals surface area contributed by atoms with Crippen molar-refractivity contribution in [3.8, 4) is 0 Å². The molecule has 0 unspecified atom stereocenters. The van der Waals surface area contributed by atoms with Crippen LogP contribution in [-0.4, -0.2) is 5.71 Å². The Kier molecular flexibility index (Phi) is 5.66. The summed E-state index contributed by atoms with van der Waals surface area (Å²) in [6, 6.07) is 28.3. The summed E-state index contributed by atoms with van der Waals surface area (Å²) in [5.74, 6) is 0. The molecule has 0 fully saturated rings. The molecule has 25 heavy (non-hydrogen) atoms. The first-order valence-corrected chi connectivity index (χ1v) is 9.15. The molecular formula is C22H19IN2. The minimum absolute atomic E-state index is 0.735. The number of benzene rings is 3. The van der Waals surface area contributed by atoms with Gasteiger partial charge in [0, 0.05) is 5.56 Å². The van der Waals surface area contributed by atoms with Crippen molar-refractivity contribution >= 4 is 39.7 Å². The molecule has 2 N–H and O–H groups in total. The van der Waals surface area contributed by atoms with Gasteiger partial charge in [-0.15, -0.1) is 0 Å². The fraction of sp³-hybridized carbons (Fsp3) is 0.0455. The summed E-state index contributed by atoms with van der Waals surface area (Å²) in [5.41, 5.74) is 12.3. The van der Waals surface area contributed by atoms with Crippen LogP contribution in [0.5, 0.6) is 0 Å². The molecule has 0 aliphatic carbocycles. The average Bonchev–Trinajstić information content (AvgIpc) is 2.67. The number of allylic oxidation sites excluding steroid dienone is 1. The minimum atomic E-state index is 0.735. The molecule has 3 rings (SSSR count). The normalized spacial score (nSPS) is 12.6. The van der Waals surface area contributed by atoms with E-state index in [-0.39, 0.29) is 0 Å². The maximum Gasteiger partial charge on any atom is 0.0863 e. The van der Waals surface area contributed by atoms with Gasteiger partial charge in [0.2, 0.25) is 0 Å². The fourth-order valence-corrected chi connectivity index (χ4v) is 3.20. The van der Waals surface area contributed by atoms with E-state index in [1.54, 1.807) is 0 Å². The Bertz CT molecular complexity index is 896. The Hall–Kier alpha value is -2.40. The molecule has 0 saturated carbocycles. The summed E-state index contributed by atoms with van der Waals surface area (Å²) in [5, 5.41) is 0. The molecule has 0 spiro atoms. The van der Waals surface area contributed by atoms with Crippen LogP contribution in [0.4, 0.5) is 5.69 Å². The van der Waals surface area contributed by atoms with Crippen molar-refractivity contribution < 1.29 is 0 Å². The summed E-state index contributed by atoms with van der Waals surface area (Å²) in [7, 11) is 0. The van der Waals surface area contributed by atoms with E-state index in [0.717, 1.165) is 31.8 Å². The molecule has 0 bridgehead atoms. The van der Waals surface area contributed by atoms with Crippen LogP contribution in [0, 0.1) is 6.92 Å². The molecule has 0 aliphatic heterocycles. The van der Waals surface area contributed by atoms with E-state index in [9.17, 15) is 0 Å². The van der Waals surface area contributed by atoms with Crippen LogP contribution in [0.25, 0.3) is 5.70 Å². The van der Waals surface area contributed by atoms with E-state index < -0.39 is 0 Å². The zero-order valence-electron chi connectivity index (χ0n) is 14.0. The number of para-hydroxylation sites is 1. The lowest BCUT2D eigenvalue weighted by atomic mass is 10.0. The van der Waals surface area contributed by atoms with E-state index in [0.29, 0.717) is 0 Å². The van der Waals surface area contributed by atoms with Crippen molar-refractivity contribution in [2.75, 3.05) is 0 Å². The van der Waals surface area contributed by atoms with Crippen molar-refractivity contribution in [2.45, 2.75) is 6.92 Å². The van der Waals surface area contributed by atoms with Gasteiger partial charge < -0.3 is 5.73 Å². The van der Waals surface area contributed by atoms with E-state index in [2.05, 4.69) is 65.9 Å². The van der Waals surface area contributed by atoms with Gasteiger partial charge in [0.15, 0.2) is 0 Å². The number of aryl methyl sites for hydroxylation is 1. The van der Waals surface area contributed by atoms with Gasteiger partial charge in [0.25, 0.3) is 0 Å². The van der Waals surface area contributed by atoms with Gasteiger partial charge in [-0.2, -0.15) is 0 Å². The lowest BCUT2D eigenvalue weighted by Gasteiger charge is -2.11. The molecule has 0 radical (unpaired) electrons. The molecule has 0 amide bonds. The zero-order chi connectivity index (χ0) is 17.6. The van der Waals surface area contributed by atoms with Crippen molar-refractivity contribution in [1.82, 2.24) is 0 Å². The quantitative estimate of drug-likeness (QED) is 0.401. The second-order valence-electron chi connectivity index (χ2n) is 5.76. The number of hydrogen-bond donors (Lipinski definition) is 1. The van der Waals surface area contributed by atoms with Crippen molar-refractivity contribution in [1.29, 1.82) is 0 Å². The number of hydrogen-bond acceptors (Lipinski definition) is 2. The summed E-state index contributed by atoms with van der Waals surface area (Å²) in [4.78, 5) is 4.86. The van der Waals surface area contributed by atoms with Gasteiger partial charge >= 0.3 is 0 Å². The molecule has 0 saturated heterocycles. The Morgan fingerprint density at radius 2 is 1.32 bits per heavy atom. The number of aliphatic imine (C=N–C) groups is 1. The number of nitrogens with zero attached hydrogens (tertiary/aromatic N) is 1. The third-order valence-electron chi connectivity index (χ3n) is 3.85. The van der Waals surface area contributed by atoms with Gasteiger partial charge in [-0.1, -0.05) is 78.4 Å². The lowest BCUT2D eigenvalue weighted by Crippen LogP contribution is -2.08. The molecule has 124 valence electrons. The Labute approximate surface area is 162 Å². The van der Waals surface area contributed by atoms with Crippen LogP contribution in [0.1, 0.15) is 16.7 Å². The van der Waals surface area contributed by atoms with Crippen LogP contribution in [0.2, 0.25) is 0 Å². The van der Waals surface area contributed by atoms with Crippen molar-refractivity contribution in [2.24, 2.45) is 10.7 Å². The monoisotopic (exact) mass is 438 g/mol. The maximum absolute atomic E-state index is 6.47. The summed E-state index contributed by atoms with van der Waals surface area (Å²) in [6.07, 6.45) is 0. The maximum atomic E-state index is 6.47. The molecule has 3 aromatic carbocycles. The topological polar surface area (TPSA) is 38.4 Å². The first-order chi connectivity index (χ1) is 12.1. The lowest BCUT2D eigenvalue weighted by molar-refractivity contribution is 1.43. The first-order valence-electron chi connectivity index (χ1n) is 8.07. The molecule has 3 heteroatoms. The second-order valence-corrected chi connectivity index (χ2v) is 6.83. The Balaban J connectivity index is 2.12. The highest BCUT2D eigenvalue weighted by Gasteiger charge is 2.13. The van der Waals surface area contributed by atoms with E-state index in [1.165, 1.54) is 5.56 Å². The second kappa shape index (κ2) is 8.12. The van der Waals surface area contributed by atoms with E-state index in [1.807, 2.05) is 48.5 Å². The predicted octanol–water partition coefficient (Wildman–Crippen LogP) is 5.88. The molecule has 0 aliphatic rings. The molecule has 0 heterocycles. The molecule has 2 nitrogen and oxygen atoms in total. The van der Waals surface area contributed by atoms with Gasteiger partial charge in [-0.3, -0.25) is 0 Å². The summed E-state index contributed by atoms with van der Waals surface area (Å²) < 4.78 is 0.941. The standard InChI is InChI=1S/C22H19IN2/c1-16-12-14-17(15-13-16)21(24)20(23)22(18-8-4-2-5-9-18)25-19-10-6-3-7-11-19/h2-15H,24H2,1H3/b21-20+,25-22?. The van der Waals surface area contributed by atoms with Gasteiger partial charge in [-0.05, 0) is 47.2 Å². The molecule has 0 aromatic heterocycles. The predicted molar refractivity (Wildman–Crippen MR) is 115 cm³/mol. The highest BCUT2D eigenvalue weighted by Crippen LogP contribution is 2.26. The van der Waals surface area contributed by atoms with Crippen LogP contribution < -0.4 is 5.73 Å².